The molecule has 0 atom stereocenters. The Labute approximate surface area is 187 Å². The second-order valence-electron chi connectivity index (χ2n) is 7.11. The number of halogens is 1. The second-order valence-corrected chi connectivity index (χ2v) is 7.52. The summed E-state index contributed by atoms with van der Waals surface area (Å²) in [6.07, 6.45) is 1.36. The van der Waals surface area contributed by atoms with Crippen LogP contribution in [-0.4, -0.2) is 34.0 Å². The van der Waals surface area contributed by atoms with Crippen LogP contribution in [0, 0.1) is 0 Å². The van der Waals surface area contributed by atoms with Gasteiger partial charge in [-0.25, -0.2) is 9.97 Å². The zero-order valence-corrected chi connectivity index (χ0v) is 17.2. The molecule has 0 spiro atoms. The molecule has 0 saturated carbocycles. The number of benzene rings is 3. The monoisotopic (exact) mass is 443 g/mol. The molecule has 5 rings (SSSR count). The molecule has 1 N–H and O–H groups in total. The Morgan fingerprint density at radius 1 is 0.875 bits per heavy atom. The van der Waals surface area contributed by atoms with Crippen molar-refractivity contribution >= 4 is 45.7 Å². The van der Waals surface area contributed by atoms with Gasteiger partial charge < -0.3 is 10.1 Å². The minimum Gasteiger partial charge on any atom is -0.467 e. The summed E-state index contributed by atoms with van der Waals surface area (Å²) in [4.78, 5) is 46.4. The number of amides is 1. The van der Waals surface area contributed by atoms with E-state index in [1.165, 1.54) is 18.5 Å². The molecular weight excluding hydrogens is 430 g/mol. The van der Waals surface area contributed by atoms with Gasteiger partial charge in [0.1, 0.15) is 6.33 Å². The Morgan fingerprint density at radius 3 is 2.28 bits per heavy atom. The molecule has 4 aromatic rings. The minimum absolute atomic E-state index is 0.144. The van der Waals surface area contributed by atoms with Crippen LogP contribution >= 0.6 is 11.6 Å². The maximum Gasteiger partial charge on any atom is 0.262 e. The van der Waals surface area contributed by atoms with Crippen molar-refractivity contribution in [2.75, 3.05) is 11.9 Å². The molecule has 1 heterocycles. The number of para-hydroxylation sites is 1. The predicted octanol–water partition coefficient (Wildman–Crippen LogP) is 4.08. The largest absolute Gasteiger partial charge is 0.467 e. The summed E-state index contributed by atoms with van der Waals surface area (Å²) in [5, 5.41) is 3.46. The Hall–Kier alpha value is -4.10. The molecule has 8 heteroatoms. The summed E-state index contributed by atoms with van der Waals surface area (Å²) >= 11 is 6.30. The summed E-state index contributed by atoms with van der Waals surface area (Å²) in [6, 6.07) is 16.7. The molecule has 0 fully saturated rings. The van der Waals surface area contributed by atoms with Crippen molar-refractivity contribution < 1.29 is 19.1 Å². The second kappa shape index (κ2) is 7.86. The van der Waals surface area contributed by atoms with E-state index in [-0.39, 0.29) is 45.9 Å². The molecule has 1 aliphatic rings. The number of nitrogens with one attached hydrogen (secondary N) is 1. The van der Waals surface area contributed by atoms with E-state index in [9.17, 15) is 14.4 Å². The molecule has 0 bridgehead atoms. The molecule has 1 aliphatic carbocycles. The molecule has 0 unspecified atom stereocenters. The Morgan fingerprint density at radius 2 is 1.53 bits per heavy atom. The van der Waals surface area contributed by atoms with Crippen molar-refractivity contribution in [3.05, 3.63) is 94.3 Å². The minimum atomic E-state index is -0.496. The van der Waals surface area contributed by atoms with Crippen LogP contribution in [0.5, 0.6) is 5.88 Å². The third-order valence-electron chi connectivity index (χ3n) is 5.13. The van der Waals surface area contributed by atoms with Crippen molar-refractivity contribution in [3.63, 3.8) is 0 Å². The zero-order chi connectivity index (χ0) is 22.2. The van der Waals surface area contributed by atoms with Crippen LogP contribution in [0.15, 0.2) is 67.0 Å². The first-order valence-electron chi connectivity index (χ1n) is 9.67. The summed E-state index contributed by atoms with van der Waals surface area (Å²) in [5.74, 6) is -0.802. The van der Waals surface area contributed by atoms with Crippen LogP contribution in [-0.2, 0) is 4.79 Å². The van der Waals surface area contributed by atoms with Gasteiger partial charge in [0.2, 0.25) is 5.88 Å². The van der Waals surface area contributed by atoms with Crippen LogP contribution in [0.25, 0.3) is 10.9 Å². The highest BCUT2D eigenvalue weighted by atomic mass is 35.5. The lowest BCUT2D eigenvalue weighted by molar-refractivity contribution is -0.118. The fourth-order valence-corrected chi connectivity index (χ4v) is 3.84. The van der Waals surface area contributed by atoms with Gasteiger partial charge in [0, 0.05) is 22.3 Å². The van der Waals surface area contributed by atoms with Gasteiger partial charge in [0.25, 0.3) is 5.91 Å². The molecule has 32 heavy (non-hydrogen) atoms. The van der Waals surface area contributed by atoms with Gasteiger partial charge in [-0.05, 0) is 24.3 Å². The number of carbonyl (C=O) groups excluding carboxylic acids is 3. The number of hydrogen-bond donors (Lipinski definition) is 1. The van der Waals surface area contributed by atoms with Gasteiger partial charge in [0.15, 0.2) is 18.2 Å². The lowest BCUT2D eigenvalue weighted by Gasteiger charge is -2.19. The lowest BCUT2D eigenvalue weighted by atomic mass is 9.84. The number of anilines is 1. The van der Waals surface area contributed by atoms with E-state index >= 15 is 0 Å². The SMILES string of the molecule is O=C(COc1ncnc2ccccc12)Nc1cc2c(cc1Cl)C(=O)c1ccccc1C2=O. The molecule has 156 valence electrons. The van der Waals surface area contributed by atoms with Gasteiger partial charge in [0.05, 0.1) is 21.6 Å². The molecule has 3 aromatic carbocycles. The van der Waals surface area contributed by atoms with Crippen molar-refractivity contribution in [2.45, 2.75) is 0 Å². The maximum atomic E-state index is 12.9. The highest BCUT2D eigenvalue weighted by molar-refractivity contribution is 6.36. The first-order chi connectivity index (χ1) is 15.5. The van der Waals surface area contributed by atoms with E-state index in [2.05, 4.69) is 15.3 Å². The van der Waals surface area contributed by atoms with E-state index in [0.717, 1.165) is 0 Å². The Balaban J connectivity index is 1.37. The number of ether oxygens (including phenoxy) is 1. The number of carbonyl (C=O) groups is 3. The summed E-state index contributed by atoms with van der Waals surface area (Å²) in [6.45, 7) is -0.329. The Kier molecular flexibility index (Phi) is 4.88. The van der Waals surface area contributed by atoms with Crippen LogP contribution < -0.4 is 10.1 Å². The van der Waals surface area contributed by atoms with Crippen molar-refractivity contribution in [1.29, 1.82) is 0 Å². The highest BCUT2D eigenvalue weighted by Gasteiger charge is 2.30. The summed E-state index contributed by atoms with van der Waals surface area (Å²) in [5.41, 5.74) is 1.97. The molecule has 0 radical (unpaired) electrons. The number of fused-ring (bicyclic) bond motifs is 3. The van der Waals surface area contributed by atoms with Crippen LogP contribution in [0.1, 0.15) is 31.8 Å². The normalized spacial score (nSPS) is 12.3. The van der Waals surface area contributed by atoms with E-state index in [1.54, 1.807) is 30.3 Å². The van der Waals surface area contributed by atoms with Crippen LogP contribution in [0.2, 0.25) is 5.02 Å². The predicted molar refractivity (Wildman–Crippen MR) is 118 cm³/mol. The van der Waals surface area contributed by atoms with Gasteiger partial charge in [-0.2, -0.15) is 0 Å². The molecule has 0 aliphatic heterocycles. The summed E-state index contributed by atoms with van der Waals surface area (Å²) < 4.78 is 5.56. The number of aromatic nitrogens is 2. The smallest absolute Gasteiger partial charge is 0.262 e. The van der Waals surface area contributed by atoms with Gasteiger partial charge in [-0.15, -0.1) is 0 Å². The Bertz CT molecular complexity index is 1430. The highest BCUT2D eigenvalue weighted by Crippen LogP contribution is 2.33. The fourth-order valence-electron chi connectivity index (χ4n) is 3.63. The zero-order valence-electron chi connectivity index (χ0n) is 16.5. The third-order valence-corrected chi connectivity index (χ3v) is 5.45. The molecule has 7 nitrogen and oxygen atoms in total. The molecule has 0 saturated heterocycles. The molecule has 1 aromatic heterocycles. The van der Waals surface area contributed by atoms with E-state index < -0.39 is 5.91 Å². The number of rotatable bonds is 4. The van der Waals surface area contributed by atoms with Crippen molar-refractivity contribution in [1.82, 2.24) is 9.97 Å². The summed E-state index contributed by atoms with van der Waals surface area (Å²) in [7, 11) is 0. The lowest BCUT2D eigenvalue weighted by Crippen LogP contribution is -2.23. The fraction of sp³-hybridized carbons (Fsp3) is 0.0417. The van der Waals surface area contributed by atoms with Gasteiger partial charge in [-0.1, -0.05) is 48.0 Å². The number of hydrogen-bond acceptors (Lipinski definition) is 6. The van der Waals surface area contributed by atoms with Crippen LogP contribution in [0.4, 0.5) is 5.69 Å². The third kappa shape index (κ3) is 3.38. The van der Waals surface area contributed by atoms with Crippen molar-refractivity contribution in [2.24, 2.45) is 0 Å². The molecular formula is C24H14ClN3O4. The topological polar surface area (TPSA) is 98.2 Å². The van der Waals surface area contributed by atoms with E-state index in [0.29, 0.717) is 22.0 Å². The quantitative estimate of drug-likeness (QED) is 0.449. The number of ketones is 2. The first kappa shape index (κ1) is 19.8. The first-order valence-corrected chi connectivity index (χ1v) is 10.0. The van der Waals surface area contributed by atoms with Crippen LogP contribution in [0.3, 0.4) is 0 Å². The van der Waals surface area contributed by atoms with Gasteiger partial charge >= 0.3 is 0 Å². The number of nitrogens with zero attached hydrogens (tertiary/aromatic N) is 2. The average molecular weight is 444 g/mol. The maximum absolute atomic E-state index is 12.9. The van der Waals surface area contributed by atoms with Gasteiger partial charge in [-0.3, -0.25) is 14.4 Å². The average Bonchev–Trinajstić information content (AvgIpc) is 2.82. The van der Waals surface area contributed by atoms with E-state index in [4.69, 9.17) is 16.3 Å². The molecule has 1 amide bonds. The van der Waals surface area contributed by atoms with E-state index in [1.807, 2.05) is 18.2 Å². The standard InChI is InChI=1S/C24H14ClN3O4/c25-18-9-16-17(23(31)14-6-2-1-5-13(14)22(16)30)10-20(18)28-21(29)11-32-24-15-7-3-4-8-19(15)26-12-27-24/h1-10,12H,11H2,(H,28,29). The van der Waals surface area contributed by atoms with Crippen molar-refractivity contribution in [3.8, 4) is 5.88 Å².